The predicted octanol–water partition coefficient (Wildman–Crippen LogP) is 1.59. The number of hydrogen-bond acceptors (Lipinski definition) is 2. The van der Waals surface area contributed by atoms with Crippen LogP contribution in [-0.2, 0) is 4.79 Å². The summed E-state index contributed by atoms with van der Waals surface area (Å²) in [6.07, 6.45) is 0. The minimum absolute atomic E-state index is 0.00598. The van der Waals surface area contributed by atoms with Crippen LogP contribution in [0.3, 0.4) is 0 Å². The lowest BCUT2D eigenvalue weighted by atomic mass is 10.2. The van der Waals surface area contributed by atoms with Crippen LogP contribution in [0.25, 0.3) is 0 Å². The highest BCUT2D eigenvalue weighted by Gasteiger charge is 2.04. The molecule has 1 aromatic rings. The number of carbonyl (C=O) groups excluding carboxylic acids is 1. The molecule has 0 saturated heterocycles. The Kier molecular flexibility index (Phi) is 4.25. The van der Waals surface area contributed by atoms with Crippen molar-refractivity contribution in [2.24, 2.45) is 0 Å². The molecule has 0 aliphatic heterocycles. The molecule has 1 amide bonds. The molecule has 1 rings (SSSR count). The Morgan fingerprint density at radius 3 is 2.31 bits per heavy atom. The topological polar surface area (TPSA) is 44.4 Å². The van der Waals surface area contributed by atoms with Gasteiger partial charge in [0, 0.05) is 32.4 Å². The first-order valence-corrected chi connectivity index (χ1v) is 5.28. The lowest BCUT2D eigenvalue weighted by Crippen LogP contribution is -2.24. The summed E-state index contributed by atoms with van der Waals surface area (Å²) in [4.78, 5) is 12.7. The zero-order valence-corrected chi connectivity index (χ0v) is 10.4. The largest absolute Gasteiger partial charge is 0.366 e. The van der Waals surface area contributed by atoms with Gasteiger partial charge in [0.1, 0.15) is 0 Å². The van der Waals surface area contributed by atoms with Crippen molar-refractivity contribution in [1.29, 1.82) is 0 Å². The van der Waals surface area contributed by atoms with Crippen molar-refractivity contribution in [3.8, 4) is 0 Å². The van der Waals surface area contributed by atoms with E-state index in [0.29, 0.717) is 5.11 Å². The molecular formula is C11H15N3OS. The maximum Gasteiger partial charge on any atom is 0.223 e. The van der Waals surface area contributed by atoms with Crippen LogP contribution in [0.2, 0.25) is 0 Å². The highest BCUT2D eigenvalue weighted by molar-refractivity contribution is 7.80. The molecule has 1 aromatic carbocycles. The summed E-state index contributed by atoms with van der Waals surface area (Å²) in [5.74, 6) is 0.00598. The molecule has 2 N–H and O–H groups in total. The quantitative estimate of drug-likeness (QED) is 0.767. The lowest BCUT2D eigenvalue weighted by Gasteiger charge is -2.15. The monoisotopic (exact) mass is 237 g/mol. The Morgan fingerprint density at radius 1 is 1.31 bits per heavy atom. The van der Waals surface area contributed by atoms with Crippen molar-refractivity contribution in [3.05, 3.63) is 24.3 Å². The first-order valence-electron chi connectivity index (χ1n) is 4.87. The zero-order chi connectivity index (χ0) is 12.1. The van der Waals surface area contributed by atoms with Gasteiger partial charge in [-0.1, -0.05) is 0 Å². The van der Waals surface area contributed by atoms with Crippen LogP contribution in [0, 0.1) is 0 Å². The Bertz CT molecular complexity index is 389. The Balaban J connectivity index is 2.75. The second-order valence-corrected chi connectivity index (χ2v) is 3.74. The molecule has 0 atom stereocenters. The van der Waals surface area contributed by atoms with Gasteiger partial charge in [0.25, 0.3) is 0 Å². The van der Waals surface area contributed by atoms with Crippen LogP contribution in [0.5, 0.6) is 0 Å². The average Bonchev–Trinajstić information content (AvgIpc) is 2.28. The average molecular weight is 237 g/mol. The molecule has 86 valence electrons. The number of hydrogen-bond donors (Lipinski definition) is 2. The van der Waals surface area contributed by atoms with Gasteiger partial charge in [0.2, 0.25) is 5.91 Å². The summed E-state index contributed by atoms with van der Waals surface area (Å²) in [7, 11) is 3.50. The van der Waals surface area contributed by atoms with E-state index >= 15 is 0 Å². The molecular weight excluding hydrogens is 222 g/mol. The van der Waals surface area contributed by atoms with E-state index in [-0.39, 0.29) is 5.91 Å². The fourth-order valence-electron chi connectivity index (χ4n) is 1.14. The summed E-state index contributed by atoms with van der Waals surface area (Å²) in [6, 6.07) is 7.47. The van der Waals surface area contributed by atoms with Crippen molar-refractivity contribution in [2.45, 2.75) is 6.92 Å². The molecule has 0 saturated carbocycles. The number of nitrogens with one attached hydrogen (secondary N) is 2. The zero-order valence-electron chi connectivity index (χ0n) is 9.57. The van der Waals surface area contributed by atoms with Crippen LogP contribution < -0.4 is 15.5 Å². The molecule has 0 bridgehead atoms. The molecule has 0 fully saturated rings. The van der Waals surface area contributed by atoms with Gasteiger partial charge in [0.05, 0.1) is 0 Å². The minimum Gasteiger partial charge on any atom is -0.366 e. The second-order valence-electron chi connectivity index (χ2n) is 3.33. The van der Waals surface area contributed by atoms with E-state index in [1.807, 2.05) is 24.3 Å². The molecule has 0 radical (unpaired) electrons. The molecule has 5 heteroatoms. The van der Waals surface area contributed by atoms with Crippen LogP contribution in [0.15, 0.2) is 24.3 Å². The first-order chi connectivity index (χ1) is 7.54. The lowest BCUT2D eigenvalue weighted by molar-refractivity contribution is -0.116. The summed E-state index contributed by atoms with van der Waals surface area (Å²) in [5.41, 5.74) is 1.74. The van der Waals surface area contributed by atoms with Crippen molar-refractivity contribution in [2.75, 3.05) is 24.3 Å². The number of benzene rings is 1. The van der Waals surface area contributed by atoms with E-state index in [1.54, 1.807) is 19.0 Å². The minimum atomic E-state index is 0.00598. The number of nitrogens with zero attached hydrogens (tertiary/aromatic N) is 1. The van der Waals surface area contributed by atoms with Crippen molar-refractivity contribution >= 4 is 34.6 Å². The number of rotatable bonds is 2. The third-order valence-corrected chi connectivity index (χ3v) is 2.52. The van der Waals surface area contributed by atoms with E-state index in [0.717, 1.165) is 11.4 Å². The van der Waals surface area contributed by atoms with Crippen LogP contribution in [0.4, 0.5) is 11.4 Å². The third kappa shape index (κ3) is 3.20. The maximum absolute atomic E-state index is 11.1. The van der Waals surface area contributed by atoms with Gasteiger partial charge in [-0.3, -0.25) is 4.79 Å². The van der Waals surface area contributed by atoms with Gasteiger partial charge in [-0.2, -0.15) is 0 Å². The Labute approximate surface area is 101 Å². The Hall–Kier alpha value is -1.62. The number of anilines is 2. The fourth-order valence-corrected chi connectivity index (χ4v) is 1.26. The SMILES string of the molecule is CNC(=S)Nc1ccc(N(C)C(C)=O)cc1. The smallest absolute Gasteiger partial charge is 0.223 e. The standard InChI is InChI=1S/C11H15N3OS/c1-8(15)14(3)10-6-4-9(5-7-10)13-11(16)12-2/h4-7H,1-3H3,(H2,12,13,16). The van der Waals surface area contributed by atoms with E-state index in [9.17, 15) is 4.79 Å². The van der Waals surface area contributed by atoms with Crippen molar-refractivity contribution in [3.63, 3.8) is 0 Å². The van der Waals surface area contributed by atoms with Crippen LogP contribution >= 0.6 is 12.2 Å². The summed E-state index contributed by atoms with van der Waals surface area (Å²) in [5, 5.41) is 6.39. The molecule has 0 heterocycles. The van der Waals surface area contributed by atoms with E-state index in [4.69, 9.17) is 12.2 Å². The van der Waals surface area contributed by atoms with Gasteiger partial charge < -0.3 is 15.5 Å². The van der Waals surface area contributed by atoms with Crippen molar-refractivity contribution in [1.82, 2.24) is 5.32 Å². The predicted molar refractivity (Wildman–Crippen MR) is 70.8 cm³/mol. The number of thiocarbonyl (C=S) groups is 1. The van der Waals surface area contributed by atoms with Crippen LogP contribution in [-0.4, -0.2) is 25.1 Å². The fraction of sp³-hybridized carbons (Fsp3) is 0.273. The molecule has 4 nitrogen and oxygen atoms in total. The molecule has 16 heavy (non-hydrogen) atoms. The van der Waals surface area contributed by atoms with Crippen LogP contribution in [0.1, 0.15) is 6.92 Å². The first kappa shape index (κ1) is 12.4. The number of carbonyl (C=O) groups is 1. The molecule has 0 aliphatic carbocycles. The van der Waals surface area contributed by atoms with E-state index in [1.165, 1.54) is 6.92 Å². The van der Waals surface area contributed by atoms with Gasteiger partial charge in [-0.05, 0) is 36.5 Å². The highest BCUT2D eigenvalue weighted by Crippen LogP contribution is 2.16. The summed E-state index contributed by atoms with van der Waals surface area (Å²) >= 11 is 4.98. The second kappa shape index (κ2) is 5.46. The number of amides is 1. The van der Waals surface area contributed by atoms with Gasteiger partial charge >= 0.3 is 0 Å². The van der Waals surface area contributed by atoms with Crippen molar-refractivity contribution < 1.29 is 4.79 Å². The van der Waals surface area contributed by atoms with Gasteiger partial charge in [-0.25, -0.2) is 0 Å². The Morgan fingerprint density at radius 2 is 1.88 bits per heavy atom. The highest BCUT2D eigenvalue weighted by atomic mass is 32.1. The molecule has 0 aromatic heterocycles. The molecule has 0 aliphatic rings. The molecule has 0 unspecified atom stereocenters. The third-order valence-electron chi connectivity index (χ3n) is 2.21. The van der Waals surface area contributed by atoms with E-state index in [2.05, 4.69) is 10.6 Å². The maximum atomic E-state index is 11.1. The summed E-state index contributed by atoms with van der Waals surface area (Å²) in [6.45, 7) is 1.53. The summed E-state index contributed by atoms with van der Waals surface area (Å²) < 4.78 is 0. The van der Waals surface area contributed by atoms with Gasteiger partial charge in [0.15, 0.2) is 5.11 Å². The normalized spacial score (nSPS) is 9.44. The van der Waals surface area contributed by atoms with E-state index < -0.39 is 0 Å². The van der Waals surface area contributed by atoms with Gasteiger partial charge in [-0.15, -0.1) is 0 Å². The molecule has 0 spiro atoms.